The van der Waals surface area contributed by atoms with E-state index in [4.69, 9.17) is 4.74 Å². The maximum atomic E-state index is 12.2. The van der Waals surface area contributed by atoms with Crippen molar-refractivity contribution in [2.24, 2.45) is 11.0 Å². The minimum Gasteiger partial charge on any atom is -0.457 e. The highest BCUT2D eigenvalue weighted by atomic mass is 16.5. The van der Waals surface area contributed by atoms with E-state index in [0.29, 0.717) is 17.7 Å². The minimum atomic E-state index is -0.303. The molecule has 1 unspecified atom stereocenters. The SMILES string of the molecule is C/C=C(/C=N/NC(=O)c1ccc(Oc2ccccc2)cc1)C/C=C\C(C)C=O. The van der Waals surface area contributed by atoms with Crippen molar-refractivity contribution in [3.8, 4) is 11.5 Å². The first kappa shape index (κ1) is 20.8. The molecule has 0 bridgehead atoms. The highest BCUT2D eigenvalue weighted by Gasteiger charge is 2.05. The van der Waals surface area contributed by atoms with Gasteiger partial charge in [0.05, 0.1) is 6.21 Å². The summed E-state index contributed by atoms with van der Waals surface area (Å²) < 4.78 is 5.71. The van der Waals surface area contributed by atoms with Crippen molar-refractivity contribution in [2.45, 2.75) is 20.3 Å². The average molecular weight is 376 g/mol. The van der Waals surface area contributed by atoms with Crippen LogP contribution in [0.25, 0.3) is 0 Å². The standard InChI is InChI=1S/C23H24N2O3/c1-3-19(9-7-8-18(2)17-26)16-24-25-23(27)20-12-14-22(15-13-20)28-21-10-5-4-6-11-21/h3-8,10-18H,9H2,1-2H3,(H,25,27)/b8-7-,19-3+,24-16+. The van der Waals surface area contributed by atoms with Gasteiger partial charge in [-0.25, -0.2) is 5.43 Å². The summed E-state index contributed by atoms with van der Waals surface area (Å²) in [4.78, 5) is 22.8. The molecule has 2 aromatic carbocycles. The van der Waals surface area contributed by atoms with Gasteiger partial charge in [-0.05, 0) is 55.3 Å². The quantitative estimate of drug-likeness (QED) is 0.292. The Balaban J connectivity index is 1.87. The maximum absolute atomic E-state index is 12.2. The second-order valence-electron chi connectivity index (χ2n) is 6.13. The molecule has 5 nitrogen and oxygen atoms in total. The van der Waals surface area contributed by atoms with Gasteiger partial charge in [-0.1, -0.05) is 43.4 Å². The van der Waals surface area contributed by atoms with E-state index in [-0.39, 0.29) is 11.8 Å². The predicted molar refractivity (Wildman–Crippen MR) is 112 cm³/mol. The lowest BCUT2D eigenvalue weighted by atomic mass is 10.1. The third-order valence-electron chi connectivity index (χ3n) is 3.87. The van der Waals surface area contributed by atoms with Gasteiger partial charge in [0, 0.05) is 11.5 Å². The molecule has 1 N–H and O–H groups in total. The first-order valence-electron chi connectivity index (χ1n) is 9.06. The summed E-state index contributed by atoms with van der Waals surface area (Å²) in [6.45, 7) is 3.72. The normalized spacial score (nSPS) is 12.9. The van der Waals surface area contributed by atoms with Crippen LogP contribution in [-0.4, -0.2) is 18.4 Å². The number of nitrogens with zero attached hydrogens (tertiary/aromatic N) is 1. The van der Waals surface area contributed by atoms with Crippen LogP contribution in [0.2, 0.25) is 0 Å². The zero-order valence-corrected chi connectivity index (χ0v) is 16.0. The lowest BCUT2D eigenvalue weighted by Gasteiger charge is -2.06. The van der Waals surface area contributed by atoms with Crippen molar-refractivity contribution in [1.82, 2.24) is 5.43 Å². The number of hydrazone groups is 1. The summed E-state index contributed by atoms with van der Waals surface area (Å²) in [5.74, 6) is 0.977. The molecule has 0 aliphatic heterocycles. The number of nitrogens with one attached hydrogen (secondary N) is 1. The van der Waals surface area contributed by atoms with E-state index in [1.165, 1.54) is 0 Å². The van der Waals surface area contributed by atoms with Crippen LogP contribution >= 0.6 is 0 Å². The van der Waals surface area contributed by atoms with Crippen molar-refractivity contribution in [1.29, 1.82) is 0 Å². The Bertz CT molecular complexity index is 853. The van der Waals surface area contributed by atoms with E-state index in [1.807, 2.05) is 62.4 Å². The molecular weight excluding hydrogens is 352 g/mol. The fraction of sp³-hybridized carbons (Fsp3) is 0.174. The molecule has 0 aromatic heterocycles. The molecule has 1 amide bonds. The number of amides is 1. The molecule has 144 valence electrons. The first-order valence-corrected chi connectivity index (χ1v) is 9.06. The fourth-order valence-electron chi connectivity index (χ4n) is 2.25. The first-order chi connectivity index (χ1) is 13.6. The van der Waals surface area contributed by atoms with Gasteiger partial charge >= 0.3 is 0 Å². The Kier molecular flexibility index (Phi) is 8.40. The Morgan fingerprint density at radius 2 is 1.79 bits per heavy atom. The fourth-order valence-corrected chi connectivity index (χ4v) is 2.25. The lowest BCUT2D eigenvalue weighted by molar-refractivity contribution is -0.109. The zero-order chi connectivity index (χ0) is 20.2. The van der Waals surface area contributed by atoms with Crippen molar-refractivity contribution in [2.75, 3.05) is 0 Å². The average Bonchev–Trinajstić information content (AvgIpc) is 2.73. The number of carbonyl (C=O) groups is 2. The second kappa shape index (κ2) is 11.3. The maximum Gasteiger partial charge on any atom is 0.271 e. The Morgan fingerprint density at radius 1 is 1.11 bits per heavy atom. The molecule has 1 atom stereocenters. The van der Waals surface area contributed by atoms with Crippen molar-refractivity contribution in [3.05, 3.63) is 84.0 Å². The molecule has 0 aliphatic carbocycles. The summed E-state index contributed by atoms with van der Waals surface area (Å²) in [6, 6.07) is 16.3. The Hall–Kier alpha value is -3.47. The van der Waals surface area contributed by atoms with Crippen molar-refractivity contribution in [3.63, 3.8) is 0 Å². The molecule has 0 radical (unpaired) electrons. The smallest absolute Gasteiger partial charge is 0.271 e. The molecule has 0 spiro atoms. The van der Waals surface area contributed by atoms with E-state index in [1.54, 1.807) is 30.5 Å². The summed E-state index contributed by atoms with van der Waals surface area (Å²) >= 11 is 0. The zero-order valence-electron chi connectivity index (χ0n) is 16.0. The van der Waals surface area contributed by atoms with E-state index in [9.17, 15) is 9.59 Å². The highest BCUT2D eigenvalue weighted by molar-refractivity contribution is 5.94. The van der Waals surface area contributed by atoms with Crippen LogP contribution in [0, 0.1) is 5.92 Å². The Labute approximate surface area is 165 Å². The van der Waals surface area contributed by atoms with Crippen molar-refractivity contribution < 1.29 is 14.3 Å². The number of hydrogen-bond acceptors (Lipinski definition) is 4. The molecule has 2 rings (SSSR count). The van der Waals surface area contributed by atoms with Gasteiger partial charge in [0.1, 0.15) is 17.8 Å². The summed E-state index contributed by atoms with van der Waals surface area (Å²) in [7, 11) is 0. The van der Waals surface area contributed by atoms with Gasteiger partial charge in [0.2, 0.25) is 0 Å². The van der Waals surface area contributed by atoms with Crippen molar-refractivity contribution >= 4 is 18.4 Å². The molecule has 0 saturated carbocycles. The van der Waals surface area contributed by atoms with Crippen LogP contribution < -0.4 is 10.2 Å². The third kappa shape index (κ3) is 7.03. The van der Waals surface area contributed by atoms with Crippen LogP contribution in [0.15, 0.2) is 83.5 Å². The van der Waals surface area contributed by atoms with Gasteiger partial charge in [-0.15, -0.1) is 0 Å². The van der Waals surface area contributed by atoms with Crippen LogP contribution in [0.4, 0.5) is 0 Å². The number of para-hydroxylation sites is 1. The van der Waals surface area contributed by atoms with Crippen LogP contribution in [-0.2, 0) is 4.79 Å². The highest BCUT2D eigenvalue weighted by Crippen LogP contribution is 2.21. The lowest BCUT2D eigenvalue weighted by Crippen LogP contribution is -2.17. The molecule has 0 aliphatic rings. The predicted octanol–water partition coefficient (Wildman–Crippen LogP) is 4.92. The third-order valence-corrected chi connectivity index (χ3v) is 3.87. The molecule has 0 saturated heterocycles. The largest absolute Gasteiger partial charge is 0.457 e. The van der Waals surface area contributed by atoms with Gasteiger partial charge in [0.15, 0.2) is 0 Å². The van der Waals surface area contributed by atoms with E-state index < -0.39 is 0 Å². The van der Waals surface area contributed by atoms with E-state index in [0.717, 1.165) is 17.6 Å². The Morgan fingerprint density at radius 3 is 2.43 bits per heavy atom. The van der Waals surface area contributed by atoms with Gasteiger partial charge in [-0.2, -0.15) is 5.10 Å². The van der Waals surface area contributed by atoms with Gasteiger partial charge in [-0.3, -0.25) is 4.79 Å². The molecule has 2 aromatic rings. The summed E-state index contributed by atoms with van der Waals surface area (Å²) in [5, 5.41) is 4.00. The topological polar surface area (TPSA) is 67.8 Å². The number of ether oxygens (including phenoxy) is 1. The van der Waals surface area contributed by atoms with Crippen LogP contribution in [0.3, 0.4) is 0 Å². The number of rotatable bonds is 9. The molecule has 0 fully saturated rings. The summed E-state index contributed by atoms with van der Waals surface area (Å²) in [5.41, 5.74) is 3.93. The van der Waals surface area contributed by atoms with E-state index in [2.05, 4.69) is 10.5 Å². The number of carbonyl (C=O) groups excluding carboxylic acids is 2. The number of benzene rings is 2. The number of hydrogen-bond donors (Lipinski definition) is 1. The molecule has 28 heavy (non-hydrogen) atoms. The number of aldehydes is 1. The summed E-state index contributed by atoms with van der Waals surface area (Å²) in [6.07, 6.45) is 8.77. The van der Waals surface area contributed by atoms with Crippen LogP contribution in [0.1, 0.15) is 30.6 Å². The minimum absolute atomic E-state index is 0.108. The van der Waals surface area contributed by atoms with Crippen LogP contribution in [0.5, 0.6) is 11.5 Å². The molecule has 0 heterocycles. The van der Waals surface area contributed by atoms with Gasteiger partial charge < -0.3 is 9.53 Å². The monoisotopic (exact) mass is 376 g/mol. The second-order valence-corrected chi connectivity index (χ2v) is 6.13. The molecule has 5 heteroatoms. The van der Waals surface area contributed by atoms with Gasteiger partial charge in [0.25, 0.3) is 5.91 Å². The number of allylic oxidation sites excluding steroid dienone is 4. The molecular formula is C23H24N2O3. The van der Waals surface area contributed by atoms with E-state index >= 15 is 0 Å².